The molecule has 3 heterocycles. The third-order valence-corrected chi connectivity index (χ3v) is 5.74. The smallest absolute Gasteiger partial charge is 0.139 e. The van der Waals surface area contributed by atoms with Gasteiger partial charge in [-0.1, -0.05) is 22.4 Å². The number of nitrogens with zero attached hydrogens (tertiary/aromatic N) is 4. The summed E-state index contributed by atoms with van der Waals surface area (Å²) in [5, 5.41) is 1.15. The van der Waals surface area contributed by atoms with Crippen LogP contribution in [-0.2, 0) is 0 Å². The molecule has 0 bridgehead atoms. The highest BCUT2D eigenvalue weighted by Crippen LogP contribution is 2.29. The van der Waals surface area contributed by atoms with Crippen LogP contribution in [0.15, 0.2) is 29.0 Å². The van der Waals surface area contributed by atoms with Crippen molar-refractivity contribution in [2.45, 2.75) is 38.1 Å². The van der Waals surface area contributed by atoms with Crippen molar-refractivity contribution in [2.75, 3.05) is 31.1 Å². The first-order chi connectivity index (χ1) is 11.3. The van der Waals surface area contributed by atoms with E-state index in [9.17, 15) is 0 Å². The molecule has 0 aliphatic carbocycles. The molecule has 4 rings (SSSR count). The molecule has 5 heteroatoms. The normalized spacial score (nSPS) is 21.0. The fourth-order valence-corrected chi connectivity index (χ4v) is 4.35. The van der Waals surface area contributed by atoms with Crippen LogP contribution in [0.25, 0.3) is 10.9 Å². The number of hydrogen-bond acceptors (Lipinski definition) is 4. The number of piperidine rings is 2. The lowest BCUT2D eigenvalue weighted by Crippen LogP contribution is -2.47. The third kappa shape index (κ3) is 3.22. The number of rotatable bonds is 2. The first-order valence-corrected chi connectivity index (χ1v) is 9.50. The predicted molar refractivity (Wildman–Crippen MR) is 97.9 cm³/mol. The highest BCUT2D eigenvalue weighted by molar-refractivity contribution is 9.10. The molecule has 4 nitrogen and oxygen atoms in total. The van der Waals surface area contributed by atoms with E-state index in [1.165, 1.54) is 45.2 Å². The molecule has 2 aromatic rings. The molecular weight excluding hydrogens is 352 g/mol. The van der Waals surface area contributed by atoms with Crippen molar-refractivity contribution in [1.29, 1.82) is 0 Å². The maximum absolute atomic E-state index is 4.59. The van der Waals surface area contributed by atoms with E-state index in [-0.39, 0.29) is 0 Å². The van der Waals surface area contributed by atoms with Crippen molar-refractivity contribution < 1.29 is 0 Å². The Labute approximate surface area is 146 Å². The van der Waals surface area contributed by atoms with Gasteiger partial charge in [0.25, 0.3) is 0 Å². The maximum atomic E-state index is 4.59. The van der Waals surface area contributed by atoms with E-state index in [1.54, 1.807) is 6.33 Å². The summed E-state index contributed by atoms with van der Waals surface area (Å²) >= 11 is 3.57. The van der Waals surface area contributed by atoms with Crippen molar-refractivity contribution in [3.8, 4) is 0 Å². The van der Waals surface area contributed by atoms with Gasteiger partial charge in [-0.3, -0.25) is 0 Å². The van der Waals surface area contributed by atoms with E-state index in [2.05, 4.69) is 47.8 Å². The molecule has 0 unspecified atom stereocenters. The number of anilines is 1. The van der Waals surface area contributed by atoms with Gasteiger partial charge in [0.05, 0.1) is 5.52 Å². The van der Waals surface area contributed by atoms with Gasteiger partial charge in [-0.15, -0.1) is 0 Å². The molecule has 0 spiro atoms. The quantitative estimate of drug-likeness (QED) is 0.798. The average Bonchev–Trinajstić information content (AvgIpc) is 2.62. The van der Waals surface area contributed by atoms with Crippen molar-refractivity contribution in [1.82, 2.24) is 14.9 Å². The summed E-state index contributed by atoms with van der Waals surface area (Å²) in [5.41, 5.74) is 1.02. The van der Waals surface area contributed by atoms with E-state index < -0.39 is 0 Å². The lowest BCUT2D eigenvalue weighted by molar-refractivity contribution is 0.141. The van der Waals surface area contributed by atoms with Crippen LogP contribution in [-0.4, -0.2) is 47.1 Å². The number of fused-ring (bicyclic) bond motifs is 1. The van der Waals surface area contributed by atoms with Gasteiger partial charge in [0.2, 0.25) is 0 Å². The van der Waals surface area contributed by atoms with Crippen molar-refractivity contribution in [2.24, 2.45) is 0 Å². The summed E-state index contributed by atoms with van der Waals surface area (Å²) in [6.45, 7) is 4.79. The molecule has 0 atom stereocenters. The van der Waals surface area contributed by atoms with Gasteiger partial charge in [-0.05, 0) is 57.0 Å². The van der Waals surface area contributed by atoms with Gasteiger partial charge in [-0.25, -0.2) is 9.97 Å². The van der Waals surface area contributed by atoms with Crippen LogP contribution in [0.1, 0.15) is 32.1 Å². The Balaban J connectivity index is 1.51. The zero-order valence-electron chi connectivity index (χ0n) is 13.4. The fourth-order valence-electron chi connectivity index (χ4n) is 3.99. The van der Waals surface area contributed by atoms with Gasteiger partial charge < -0.3 is 9.80 Å². The third-order valence-electron chi connectivity index (χ3n) is 5.25. The second kappa shape index (κ2) is 6.73. The Hall–Kier alpha value is -1.20. The molecule has 23 heavy (non-hydrogen) atoms. The Morgan fingerprint density at radius 1 is 0.957 bits per heavy atom. The molecule has 2 fully saturated rings. The van der Waals surface area contributed by atoms with Crippen LogP contribution in [0, 0.1) is 0 Å². The number of aromatic nitrogens is 2. The standard InChI is InChI=1S/C18H23BrN4/c19-14-4-5-17-16(12-14)18(21-13-20-17)23-10-6-15(7-11-23)22-8-2-1-3-9-22/h4-5,12-13,15H,1-3,6-11H2. The maximum Gasteiger partial charge on any atom is 0.139 e. The summed E-state index contributed by atoms with van der Waals surface area (Å²) in [4.78, 5) is 14.1. The summed E-state index contributed by atoms with van der Waals surface area (Å²) < 4.78 is 1.09. The minimum absolute atomic E-state index is 0.770. The monoisotopic (exact) mass is 374 g/mol. The van der Waals surface area contributed by atoms with Gasteiger partial charge in [0.1, 0.15) is 12.1 Å². The van der Waals surface area contributed by atoms with Crippen molar-refractivity contribution in [3.05, 3.63) is 29.0 Å². The second-order valence-corrected chi connectivity index (χ2v) is 7.59. The first kappa shape index (κ1) is 15.3. The van der Waals surface area contributed by atoms with E-state index in [0.717, 1.165) is 40.3 Å². The van der Waals surface area contributed by atoms with E-state index in [0.29, 0.717) is 0 Å². The van der Waals surface area contributed by atoms with E-state index in [4.69, 9.17) is 0 Å². The van der Waals surface area contributed by atoms with E-state index >= 15 is 0 Å². The molecular formula is C18H23BrN4. The minimum atomic E-state index is 0.770. The zero-order chi connectivity index (χ0) is 15.6. The van der Waals surface area contributed by atoms with Crippen LogP contribution in [0.4, 0.5) is 5.82 Å². The summed E-state index contributed by atoms with van der Waals surface area (Å²) in [5.74, 6) is 1.09. The number of likely N-dealkylation sites (tertiary alicyclic amines) is 1. The van der Waals surface area contributed by atoms with Crippen molar-refractivity contribution in [3.63, 3.8) is 0 Å². The van der Waals surface area contributed by atoms with Crippen LogP contribution >= 0.6 is 15.9 Å². The first-order valence-electron chi connectivity index (χ1n) is 8.70. The highest BCUT2D eigenvalue weighted by atomic mass is 79.9. The van der Waals surface area contributed by atoms with Gasteiger partial charge in [-0.2, -0.15) is 0 Å². The van der Waals surface area contributed by atoms with Crippen molar-refractivity contribution >= 4 is 32.7 Å². The summed E-state index contributed by atoms with van der Waals surface area (Å²) in [7, 11) is 0. The lowest BCUT2D eigenvalue weighted by Gasteiger charge is -2.40. The SMILES string of the molecule is Brc1ccc2ncnc(N3CCC(N4CCCCC4)CC3)c2c1. The summed E-state index contributed by atoms with van der Waals surface area (Å²) in [6, 6.07) is 7.01. The highest BCUT2D eigenvalue weighted by Gasteiger charge is 2.26. The Kier molecular flexibility index (Phi) is 4.49. The molecule has 122 valence electrons. The minimum Gasteiger partial charge on any atom is -0.356 e. The average molecular weight is 375 g/mol. The molecule has 0 N–H and O–H groups in total. The molecule has 0 amide bonds. The second-order valence-electron chi connectivity index (χ2n) is 6.67. The molecule has 2 aliphatic rings. The van der Waals surface area contributed by atoms with Crippen LogP contribution in [0.5, 0.6) is 0 Å². The largest absolute Gasteiger partial charge is 0.356 e. The molecule has 0 radical (unpaired) electrons. The predicted octanol–water partition coefficient (Wildman–Crippen LogP) is 3.85. The number of halogens is 1. The Morgan fingerprint density at radius 3 is 2.52 bits per heavy atom. The van der Waals surface area contributed by atoms with Gasteiger partial charge in [0.15, 0.2) is 0 Å². The molecule has 0 saturated carbocycles. The van der Waals surface area contributed by atoms with E-state index in [1.807, 2.05) is 6.07 Å². The molecule has 2 aliphatic heterocycles. The fraction of sp³-hybridized carbons (Fsp3) is 0.556. The van der Waals surface area contributed by atoms with Crippen LogP contribution in [0.3, 0.4) is 0 Å². The van der Waals surface area contributed by atoms with Gasteiger partial charge in [0, 0.05) is 29.0 Å². The molecule has 2 saturated heterocycles. The lowest BCUT2D eigenvalue weighted by atomic mass is 9.99. The zero-order valence-corrected chi connectivity index (χ0v) is 15.0. The van der Waals surface area contributed by atoms with Crippen LogP contribution < -0.4 is 4.90 Å². The Bertz CT molecular complexity index is 676. The topological polar surface area (TPSA) is 32.3 Å². The number of hydrogen-bond donors (Lipinski definition) is 0. The molecule has 1 aromatic heterocycles. The Morgan fingerprint density at radius 2 is 1.74 bits per heavy atom. The molecule has 1 aromatic carbocycles. The van der Waals surface area contributed by atoms with Gasteiger partial charge >= 0.3 is 0 Å². The van der Waals surface area contributed by atoms with Crippen LogP contribution in [0.2, 0.25) is 0 Å². The summed E-state index contributed by atoms with van der Waals surface area (Å²) in [6.07, 6.45) is 8.37. The number of benzene rings is 1.